The van der Waals surface area contributed by atoms with Crippen LogP contribution < -0.4 is 5.63 Å². The van der Waals surface area contributed by atoms with E-state index in [2.05, 4.69) is 0 Å². The van der Waals surface area contributed by atoms with Gasteiger partial charge in [0.1, 0.15) is 12.2 Å². The fourth-order valence-corrected chi connectivity index (χ4v) is 4.59. The molecule has 1 aliphatic rings. The number of hydrogen-bond donors (Lipinski definition) is 0. The van der Waals surface area contributed by atoms with Crippen molar-refractivity contribution in [1.29, 1.82) is 0 Å². The first-order chi connectivity index (χ1) is 11.4. The van der Waals surface area contributed by atoms with Gasteiger partial charge in [-0.25, -0.2) is 13.2 Å². The van der Waals surface area contributed by atoms with Gasteiger partial charge < -0.3 is 9.15 Å². The summed E-state index contributed by atoms with van der Waals surface area (Å²) < 4.78 is 33.3. The Hall–Kier alpha value is -2.15. The number of fused-ring (bicyclic) bond motifs is 1. The quantitative estimate of drug-likeness (QED) is 0.617. The van der Waals surface area contributed by atoms with Crippen molar-refractivity contribution in [2.75, 3.05) is 11.5 Å². The normalized spacial score (nSPS) is 19.5. The van der Waals surface area contributed by atoms with E-state index < -0.39 is 27.4 Å². The van der Waals surface area contributed by atoms with Gasteiger partial charge in [0.2, 0.25) is 0 Å². The van der Waals surface area contributed by atoms with Gasteiger partial charge in [-0.2, -0.15) is 0 Å². The molecule has 1 saturated heterocycles. The largest absolute Gasteiger partial charge is 0.461 e. The van der Waals surface area contributed by atoms with Crippen LogP contribution in [0.2, 0.25) is 0 Å². The van der Waals surface area contributed by atoms with Crippen molar-refractivity contribution in [3.8, 4) is 0 Å². The van der Waals surface area contributed by atoms with Gasteiger partial charge in [0.25, 0.3) is 0 Å². The van der Waals surface area contributed by atoms with Crippen molar-refractivity contribution in [2.24, 2.45) is 5.92 Å². The molecular formula is C17H18O6S. The average molecular weight is 350 g/mol. The Morgan fingerprint density at radius 1 is 1.33 bits per heavy atom. The zero-order valence-corrected chi connectivity index (χ0v) is 14.1. The van der Waals surface area contributed by atoms with Crippen molar-refractivity contribution >= 4 is 26.8 Å². The number of sulfone groups is 1. The third kappa shape index (κ3) is 3.51. The molecule has 0 spiro atoms. The summed E-state index contributed by atoms with van der Waals surface area (Å²) in [5.74, 6) is -1.30. The lowest BCUT2D eigenvalue weighted by atomic mass is 10.1. The van der Waals surface area contributed by atoms with E-state index in [1.165, 1.54) is 6.07 Å². The van der Waals surface area contributed by atoms with Crippen LogP contribution in [0.4, 0.5) is 0 Å². The van der Waals surface area contributed by atoms with Crippen molar-refractivity contribution in [1.82, 2.24) is 0 Å². The highest BCUT2D eigenvalue weighted by atomic mass is 32.2. The van der Waals surface area contributed by atoms with E-state index in [1.807, 2.05) is 19.1 Å². The van der Waals surface area contributed by atoms with Crippen LogP contribution in [0.15, 0.2) is 33.5 Å². The minimum atomic E-state index is -3.14. The first-order valence-corrected chi connectivity index (χ1v) is 9.63. The average Bonchev–Trinajstić information content (AvgIpc) is 2.91. The third-order valence-electron chi connectivity index (χ3n) is 4.24. The summed E-state index contributed by atoms with van der Waals surface area (Å²) in [6.07, 6.45) is 1.10. The maximum Gasteiger partial charge on any atom is 0.336 e. The lowest BCUT2D eigenvalue weighted by Gasteiger charge is -2.10. The van der Waals surface area contributed by atoms with Crippen LogP contribution in [0.3, 0.4) is 0 Å². The monoisotopic (exact) mass is 350 g/mol. The van der Waals surface area contributed by atoms with Crippen LogP contribution in [0.1, 0.15) is 24.5 Å². The fourth-order valence-electron chi connectivity index (χ4n) is 2.86. The van der Waals surface area contributed by atoms with Crippen LogP contribution in [0, 0.1) is 5.92 Å². The van der Waals surface area contributed by atoms with Gasteiger partial charge >= 0.3 is 11.6 Å². The van der Waals surface area contributed by atoms with E-state index in [-0.39, 0.29) is 18.1 Å². The molecule has 1 aromatic heterocycles. The number of carbonyl (C=O) groups excluding carboxylic acids is 1. The summed E-state index contributed by atoms with van der Waals surface area (Å²) >= 11 is 0. The zero-order chi connectivity index (χ0) is 17.3. The fraction of sp³-hybridized carbons (Fsp3) is 0.412. The molecule has 1 unspecified atom stereocenters. The van der Waals surface area contributed by atoms with Gasteiger partial charge in [-0.3, -0.25) is 4.79 Å². The van der Waals surface area contributed by atoms with Gasteiger partial charge in [-0.1, -0.05) is 19.1 Å². The van der Waals surface area contributed by atoms with Gasteiger partial charge in [0.15, 0.2) is 9.84 Å². The maximum absolute atomic E-state index is 12.0. The Kier molecular flexibility index (Phi) is 4.45. The molecule has 2 aromatic rings. The Labute approximate surface area is 139 Å². The number of ether oxygens (including phenoxy) is 1. The standard InChI is InChI=1S/C17H18O6S/c1-2-11-3-4-14-13(8-16(18)23-15(14)7-11)9-22-17(19)12-5-6-24(20,21)10-12/h3-4,7-8,12H,2,5-6,9-10H2,1H3. The first-order valence-electron chi connectivity index (χ1n) is 7.80. The van der Waals surface area contributed by atoms with E-state index in [4.69, 9.17) is 9.15 Å². The Bertz CT molecular complexity index is 941. The second-order valence-electron chi connectivity index (χ2n) is 5.98. The third-order valence-corrected chi connectivity index (χ3v) is 6.01. The summed E-state index contributed by atoms with van der Waals surface area (Å²) in [7, 11) is -3.14. The molecule has 2 heterocycles. The molecule has 3 rings (SSSR count). The van der Waals surface area contributed by atoms with Crippen molar-refractivity contribution in [3.63, 3.8) is 0 Å². The number of carbonyl (C=O) groups is 1. The van der Waals surface area contributed by atoms with Gasteiger partial charge in [0, 0.05) is 17.0 Å². The number of aryl methyl sites for hydroxylation is 1. The van der Waals surface area contributed by atoms with Crippen molar-refractivity contribution in [3.05, 3.63) is 45.8 Å². The summed E-state index contributed by atoms with van der Waals surface area (Å²) in [5, 5.41) is 0.707. The highest BCUT2D eigenvalue weighted by Gasteiger charge is 2.34. The summed E-state index contributed by atoms with van der Waals surface area (Å²) in [6, 6.07) is 6.86. The topological polar surface area (TPSA) is 90.7 Å². The number of rotatable bonds is 4. The molecule has 0 bridgehead atoms. The van der Waals surface area contributed by atoms with Crippen LogP contribution in [0.25, 0.3) is 11.0 Å². The Balaban J connectivity index is 1.80. The van der Waals surface area contributed by atoms with Crippen LogP contribution >= 0.6 is 0 Å². The minimum absolute atomic E-state index is 0.0183. The van der Waals surface area contributed by atoms with Crippen LogP contribution in [-0.2, 0) is 32.4 Å². The predicted molar refractivity (Wildman–Crippen MR) is 88.4 cm³/mol. The first kappa shape index (κ1) is 16.7. The van der Waals surface area contributed by atoms with Crippen molar-refractivity contribution < 1.29 is 22.4 Å². The van der Waals surface area contributed by atoms with E-state index >= 15 is 0 Å². The predicted octanol–water partition coefficient (Wildman–Crippen LogP) is 1.83. The minimum Gasteiger partial charge on any atom is -0.461 e. The molecule has 7 heteroatoms. The zero-order valence-electron chi connectivity index (χ0n) is 13.3. The van der Waals surface area contributed by atoms with E-state index in [9.17, 15) is 18.0 Å². The second-order valence-corrected chi connectivity index (χ2v) is 8.21. The lowest BCUT2D eigenvalue weighted by Crippen LogP contribution is -2.19. The van der Waals surface area contributed by atoms with Gasteiger partial charge in [0.05, 0.1) is 17.4 Å². The maximum atomic E-state index is 12.0. The molecular weight excluding hydrogens is 332 g/mol. The summed E-state index contributed by atoms with van der Waals surface area (Å²) in [6.45, 7) is 1.92. The highest BCUT2D eigenvalue weighted by molar-refractivity contribution is 7.91. The number of hydrogen-bond acceptors (Lipinski definition) is 6. The molecule has 0 radical (unpaired) electrons. The number of esters is 1. The summed E-state index contributed by atoms with van der Waals surface area (Å²) in [5.41, 5.74) is 1.54. The molecule has 6 nitrogen and oxygen atoms in total. The molecule has 0 N–H and O–H groups in total. The summed E-state index contributed by atoms with van der Waals surface area (Å²) in [4.78, 5) is 23.7. The van der Waals surface area contributed by atoms with Gasteiger partial charge in [-0.05, 0) is 24.5 Å². The molecule has 0 saturated carbocycles. The molecule has 128 valence electrons. The highest BCUT2D eigenvalue weighted by Crippen LogP contribution is 2.22. The molecule has 24 heavy (non-hydrogen) atoms. The van der Waals surface area contributed by atoms with Crippen molar-refractivity contribution in [2.45, 2.75) is 26.4 Å². The molecule has 0 aliphatic carbocycles. The molecule has 1 atom stereocenters. The molecule has 1 aliphatic heterocycles. The second kappa shape index (κ2) is 6.39. The van der Waals surface area contributed by atoms with Crippen LogP contribution in [-0.4, -0.2) is 25.9 Å². The van der Waals surface area contributed by atoms with Crippen LogP contribution in [0.5, 0.6) is 0 Å². The lowest BCUT2D eigenvalue weighted by molar-refractivity contribution is -0.148. The van der Waals surface area contributed by atoms with Gasteiger partial charge in [-0.15, -0.1) is 0 Å². The van der Waals surface area contributed by atoms with E-state index in [0.717, 1.165) is 12.0 Å². The Morgan fingerprint density at radius 2 is 2.12 bits per heavy atom. The van der Waals surface area contributed by atoms with E-state index in [0.29, 0.717) is 23.0 Å². The molecule has 0 amide bonds. The molecule has 1 fully saturated rings. The Morgan fingerprint density at radius 3 is 2.79 bits per heavy atom. The molecule has 1 aromatic carbocycles. The number of benzene rings is 1. The SMILES string of the molecule is CCc1ccc2c(COC(=O)C3CCS(=O)(=O)C3)cc(=O)oc2c1. The smallest absolute Gasteiger partial charge is 0.336 e. The van der Waals surface area contributed by atoms with E-state index in [1.54, 1.807) is 6.07 Å².